The van der Waals surface area contributed by atoms with Gasteiger partial charge in [-0.15, -0.1) is 0 Å². The predicted octanol–water partition coefficient (Wildman–Crippen LogP) is 9.08. The lowest BCUT2D eigenvalue weighted by Gasteiger charge is -2.05. The summed E-state index contributed by atoms with van der Waals surface area (Å²) in [6, 6.07) is 15.3. The van der Waals surface area contributed by atoms with Gasteiger partial charge < -0.3 is 10.2 Å². The molecule has 0 unspecified atom stereocenters. The van der Waals surface area contributed by atoms with Crippen molar-refractivity contribution in [1.29, 1.82) is 0 Å². The summed E-state index contributed by atoms with van der Waals surface area (Å²) in [5, 5.41) is 18.6. The van der Waals surface area contributed by atoms with Gasteiger partial charge in [0.15, 0.2) is 0 Å². The van der Waals surface area contributed by atoms with Crippen molar-refractivity contribution in [3.8, 4) is 11.5 Å². The molecule has 3 heteroatoms. The van der Waals surface area contributed by atoms with Gasteiger partial charge >= 0.3 is 0 Å². The highest BCUT2D eigenvalue weighted by molar-refractivity contribution is 7.99. The molecule has 184 valence electrons. The third-order valence-electron chi connectivity index (χ3n) is 6.38. The average molecular weight is 471 g/mol. The van der Waals surface area contributed by atoms with Crippen molar-refractivity contribution < 1.29 is 10.2 Å². The van der Waals surface area contributed by atoms with Gasteiger partial charge in [-0.3, -0.25) is 0 Å². The van der Waals surface area contributed by atoms with E-state index in [2.05, 4.69) is 11.8 Å². The van der Waals surface area contributed by atoms with Crippen LogP contribution in [-0.4, -0.2) is 21.7 Å². The molecule has 0 amide bonds. The number of aromatic hydroxyl groups is 2. The largest absolute Gasteiger partial charge is 0.508 e. The number of phenols is 2. The van der Waals surface area contributed by atoms with Gasteiger partial charge in [0.2, 0.25) is 0 Å². The van der Waals surface area contributed by atoms with Crippen molar-refractivity contribution in [1.82, 2.24) is 0 Å². The topological polar surface area (TPSA) is 40.5 Å². The molecule has 0 spiro atoms. The van der Waals surface area contributed by atoms with Crippen LogP contribution in [0.2, 0.25) is 0 Å². The molecule has 2 N–H and O–H groups in total. The molecule has 0 fully saturated rings. The van der Waals surface area contributed by atoms with E-state index in [0.29, 0.717) is 11.5 Å². The number of hydrogen-bond acceptors (Lipinski definition) is 3. The Balaban J connectivity index is 1.23. The minimum Gasteiger partial charge on any atom is -0.508 e. The molecular weight excluding hydrogens is 424 g/mol. The van der Waals surface area contributed by atoms with Crippen LogP contribution in [0.3, 0.4) is 0 Å². The van der Waals surface area contributed by atoms with Gasteiger partial charge in [-0.2, -0.15) is 11.8 Å². The summed E-state index contributed by atoms with van der Waals surface area (Å²) in [7, 11) is 0. The maximum atomic E-state index is 9.31. The number of thioether (sulfide) groups is 1. The van der Waals surface area contributed by atoms with Gasteiger partial charge in [-0.1, -0.05) is 88.5 Å². The number of rotatable bonds is 20. The Morgan fingerprint density at radius 1 is 0.394 bits per heavy atom. The summed E-state index contributed by atoms with van der Waals surface area (Å²) < 4.78 is 0. The van der Waals surface area contributed by atoms with Crippen LogP contribution in [0, 0.1) is 0 Å². The standard InChI is InChI=1S/C30H46O2S/c31-29-21-17-27(18-22-29)15-11-7-3-1-5-9-13-25-33-26-14-10-6-2-4-8-12-16-28-19-23-30(32)24-20-28/h17-24,31-32H,1-16,25-26H2. The molecular formula is C30H46O2S. The number of unbranched alkanes of at least 4 members (excludes halogenated alkanes) is 12. The van der Waals surface area contributed by atoms with Gasteiger partial charge in [0.25, 0.3) is 0 Å². The second-order valence-corrected chi connectivity index (χ2v) is 10.6. The van der Waals surface area contributed by atoms with Crippen molar-refractivity contribution in [2.45, 2.75) is 103 Å². The SMILES string of the molecule is Oc1ccc(CCCCCCCCCSCCCCCCCCCc2ccc(O)cc2)cc1. The number of phenolic OH excluding ortho intramolecular Hbond substituents is 2. The van der Waals surface area contributed by atoms with Crippen molar-refractivity contribution >= 4 is 11.8 Å². The van der Waals surface area contributed by atoms with E-state index in [1.165, 1.54) is 113 Å². The Morgan fingerprint density at radius 3 is 1.06 bits per heavy atom. The molecule has 0 atom stereocenters. The molecule has 0 aromatic heterocycles. The van der Waals surface area contributed by atoms with Gasteiger partial charge in [0.05, 0.1) is 0 Å². The molecule has 0 heterocycles. The first-order valence-electron chi connectivity index (χ1n) is 13.4. The highest BCUT2D eigenvalue weighted by Gasteiger charge is 1.98. The van der Waals surface area contributed by atoms with E-state index in [1.54, 1.807) is 24.3 Å². The monoisotopic (exact) mass is 470 g/mol. The Hall–Kier alpha value is -1.61. The van der Waals surface area contributed by atoms with E-state index in [1.807, 2.05) is 24.3 Å². The Kier molecular flexibility index (Phi) is 15.7. The second-order valence-electron chi connectivity index (χ2n) is 9.40. The minimum absolute atomic E-state index is 0.363. The van der Waals surface area contributed by atoms with Crippen LogP contribution in [-0.2, 0) is 12.8 Å². The van der Waals surface area contributed by atoms with Crippen LogP contribution in [0.4, 0.5) is 0 Å². The molecule has 33 heavy (non-hydrogen) atoms. The van der Waals surface area contributed by atoms with Gasteiger partial charge in [-0.25, -0.2) is 0 Å². The fraction of sp³-hybridized carbons (Fsp3) is 0.600. The zero-order chi connectivity index (χ0) is 23.4. The number of aryl methyl sites for hydroxylation is 2. The molecule has 0 saturated heterocycles. The van der Waals surface area contributed by atoms with E-state index >= 15 is 0 Å². The lowest BCUT2D eigenvalue weighted by atomic mass is 10.0. The molecule has 0 saturated carbocycles. The fourth-order valence-electron chi connectivity index (χ4n) is 4.26. The minimum atomic E-state index is 0.363. The molecule has 2 rings (SSSR count). The first-order valence-corrected chi connectivity index (χ1v) is 14.5. The van der Waals surface area contributed by atoms with Crippen LogP contribution in [0.5, 0.6) is 11.5 Å². The van der Waals surface area contributed by atoms with Crippen LogP contribution in [0.1, 0.15) is 101 Å². The molecule has 0 bridgehead atoms. The highest BCUT2D eigenvalue weighted by atomic mass is 32.2. The maximum absolute atomic E-state index is 9.31. The summed E-state index contributed by atoms with van der Waals surface area (Å²) in [5.41, 5.74) is 2.68. The summed E-state index contributed by atoms with van der Waals surface area (Å²) in [4.78, 5) is 0. The lowest BCUT2D eigenvalue weighted by molar-refractivity contribution is 0.474. The molecule has 2 aromatic carbocycles. The first kappa shape index (κ1) is 27.6. The zero-order valence-electron chi connectivity index (χ0n) is 20.6. The van der Waals surface area contributed by atoms with E-state index in [0.717, 1.165) is 12.8 Å². The van der Waals surface area contributed by atoms with Crippen LogP contribution in [0.25, 0.3) is 0 Å². The van der Waals surface area contributed by atoms with Gasteiger partial charge in [-0.05, 0) is 85.4 Å². The molecule has 0 aliphatic heterocycles. The van der Waals surface area contributed by atoms with Gasteiger partial charge in [0, 0.05) is 0 Å². The second kappa shape index (κ2) is 18.8. The normalized spacial score (nSPS) is 11.2. The highest BCUT2D eigenvalue weighted by Crippen LogP contribution is 2.17. The van der Waals surface area contributed by atoms with E-state index in [-0.39, 0.29) is 0 Å². The molecule has 0 aliphatic carbocycles. The van der Waals surface area contributed by atoms with E-state index in [9.17, 15) is 10.2 Å². The lowest BCUT2D eigenvalue weighted by Crippen LogP contribution is -1.88. The number of hydrogen-bond donors (Lipinski definition) is 2. The Labute approximate surface area is 207 Å². The fourth-order valence-corrected chi connectivity index (χ4v) is 5.28. The molecule has 0 aliphatic rings. The smallest absolute Gasteiger partial charge is 0.115 e. The summed E-state index contributed by atoms with van der Waals surface area (Å²) >= 11 is 2.16. The van der Waals surface area contributed by atoms with Crippen LogP contribution in [0.15, 0.2) is 48.5 Å². The predicted molar refractivity (Wildman–Crippen MR) is 146 cm³/mol. The number of benzene rings is 2. The summed E-state index contributed by atoms with van der Waals surface area (Å²) in [5.74, 6) is 3.42. The van der Waals surface area contributed by atoms with Gasteiger partial charge in [0.1, 0.15) is 11.5 Å². The Bertz CT molecular complexity index is 635. The summed E-state index contributed by atoms with van der Waals surface area (Å²) in [6.07, 6.45) is 21.3. The molecule has 0 radical (unpaired) electrons. The first-order chi connectivity index (χ1) is 16.2. The zero-order valence-corrected chi connectivity index (χ0v) is 21.5. The van der Waals surface area contributed by atoms with Crippen LogP contribution < -0.4 is 0 Å². The maximum Gasteiger partial charge on any atom is 0.115 e. The third-order valence-corrected chi connectivity index (χ3v) is 7.54. The quantitative estimate of drug-likeness (QED) is 0.190. The Morgan fingerprint density at radius 2 is 0.697 bits per heavy atom. The van der Waals surface area contributed by atoms with Crippen molar-refractivity contribution in [3.63, 3.8) is 0 Å². The average Bonchev–Trinajstić information content (AvgIpc) is 2.83. The van der Waals surface area contributed by atoms with E-state index in [4.69, 9.17) is 0 Å². The molecule has 2 nitrogen and oxygen atoms in total. The van der Waals surface area contributed by atoms with Crippen molar-refractivity contribution in [2.24, 2.45) is 0 Å². The third kappa shape index (κ3) is 15.0. The van der Waals surface area contributed by atoms with Crippen molar-refractivity contribution in [3.05, 3.63) is 59.7 Å². The van der Waals surface area contributed by atoms with E-state index < -0.39 is 0 Å². The summed E-state index contributed by atoms with van der Waals surface area (Å²) in [6.45, 7) is 0. The van der Waals surface area contributed by atoms with Crippen LogP contribution >= 0.6 is 11.8 Å². The molecule has 2 aromatic rings. The van der Waals surface area contributed by atoms with Crippen molar-refractivity contribution in [2.75, 3.05) is 11.5 Å².